The van der Waals surface area contributed by atoms with Crippen LogP contribution in [0.4, 0.5) is 5.69 Å². The fourth-order valence-corrected chi connectivity index (χ4v) is 3.99. The van der Waals surface area contributed by atoms with Gasteiger partial charge in [-0.1, -0.05) is 35.9 Å². The average molecular weight is 437 g/mol. The summed E-state index contributed by atoms with van der Waals surface area (Å²) in [6.07, 6.45) is 3.33. The van der Waals surface area contributed by atoms with Crippen molar-refractivity contribution in [2.24, 2.45) is 0 Å². The summed E-state index contributed by atoms with van der Waals surface area (Å²) >= 11 is 6.16. The number of nitrogens with one attached hydrogen (secondary N) is 2. The molecule has 0 saturated heterocycles. The number of amides is 3. The van der Waals surface area contributed by atoms with Gasteiger partial charge < -0.3 is 15.5 Å². The Bertz CT molecular complexity index is 1180. The van der Waals surface area contributed by atoms with E-state index in [0.29, 0.717) is 28.4 Å². The summed E-state index contributed by atoms with van der Waals surface area (Å²) in [4.78, 5) is 44.0. The van der Waals surface area contributed by atoms with Crippen molar-refractivity contribution in [3.05, 3.63) is 71.0 Å². The van der Waals surface area contributed by atoms with Crippen LogP contribution in [-0.2, 0) is 9.59 Å². The normalized spacial score (nSPS) is 15.5. The van der Waals surface area contributed by atoms with Crippen LogP contribution >= 0.6 is 11.6 Å². The average Bonchev–Trinajstić information content (AvgIpc) is 2.76. The van der Waals surface area contributed by atoms with E-state index < -0.39 is 5.92 Å². The molecule has 2 heterocycles. The van der Waals surface area contributed by atoms with Gasteiger partial charge in [0.05, 0.1) is 24.3 Å². The molecule has 2 aromatic carbocycles. The monoisotopic (exact) mass is 436 g/mol. The highest BCUT2D eigenvalue weighted by Gasteiger charge is 2.36. The predicted molar refractivity (Wildman–Crippen MR) is 119 cm³/mol. The van der Waals surface area contributed by atoms with Gasteiger partial charge >= 0.3 is 0 Å². The Hall–Kier alpha value is -3.45. The van der Waals surface area contributed by atoms with Crippen molar-refractivity contribution in [2.75, 3.05) is 25.0 Å². The second-order valence-corrected chi connectivity index (χ2v) is 7.76. The van der Waals surface area contributed by atoms with E-state index in [2.05, 4.69) is 15.6 Å². The summed E-state index contributed by atoms with van der Waals surface area (Å²) in [5, 5.41) is 7.84. The molecule has 31 heavy (non-hydrogen) atoms. The molecule has 0 radical (unpaired) electrons. The molecule has 8 heteroatoms. The number of hydrogen-bond acceptors (Lipinski definition) is 4. The topological polar surface area (TPSA) is 91.4 Å². The van der Waals surface area contributed by atoms with Crippen molar-refractivity contribution in [1.29, 1.82) is 0 Å². The van der Waals surface area contributed by atoms with Gasteiger partial charge in [-0.15, -0.1) is 0 Å². The zero-order valence-corrected chi connectivity index (χ0v) is 17.6. The molecule has 1 aromatic heterocycles. The number of aromatic nitrogens is 1. The van der Waals surface area contributed by atoms with Crippen LogP contribution in [-0.4, -0.2) is 47.2 Å². The maximum Gasteiger partial charge on any atom is 0.254 e. The molecular weight excluding hydrogens is 416 g/mol. The third kappa shape index (κ3) is 4.22. The molecule has 3 amide bonds. The van der Waals surface area contributed by atoms with Crippen molar-refractivity contribution in [3.8, 4) is 0 Å². The van der Waals surface area contributed by atoms with Crippen LogP contribution < -0.4 is 10.6 Å². The number of anilines is 1. The van der Waals surface area contributed by atoms with Crippen LogP contribution in [0.3, 0.4) is 0 Å². The SMILES string of the molecule is CCNC(=O)CN1CC(C(=O)Nc2cncc3ccccc23)c2cc(Cl)ccc2C1=O. The van der Waals surface area contributed by atoms with E-state index in [1.165, 1.54) is 4.90 Å². The van der Waals surface area contributed by atoms with E-state index in [1.54, 1.807) is 30.6 Å². The summed E-state index contributed by atoms with van der Waals surface area (Å²) in [5.41, 5.74) is 1.50. The standard InChI is InChI=1S/C23H21ClN4O3/c1-2-26-21(29)13-28-12-19(18-9-15(24)7-8-17(18)23(28)31)22(30)27-20-11-25-10-14-5-3-4-6-16(14)20/h3-11,19H,2,12-13H2,1H3,(H,26,29)(H,27,30). The third-order valence-corrected chi connectivity index (χ3v) is 5.50. The van der Waals surface area contributed by atoms with Crippen LogP contribution in [0.25, 0.3) is 10.8 Å². The first kappa shape index (κ1) is 20.8. The van der Waals surface area contributed by atoms with Crippen molar-refractivity contribution in [3.63, 3.8) is 0 Å². The second kappa shape index (κ2) is 8.73. The summed E-state index contributed by atoms with van der Waals surface area (Å²) in [7, 11) is 0. The smallest absolute Gasteiger partial charge is 0.254 e. The number of nitrogens with zero attached hydrogens (tertiary/aromatic N) is 2. The Balaban J connectivity index is 1.67. The number of likely N-dealkylation sites (N-methyl/N-ethyl adjacent to an activating group) is 1. The van der Waals surface area contributed by atoms with E-state index in [0.717, 1.165) is 10.8 Å². The number of rotatable bonds is 5. The van der Waals surface area contributed by atoms with Crippen molar-refractivity contribution in [1.82, 2.24) is 15.2 Å². The van der Waals surface area contributed by atoms with E-state index in [9.17, 15) is 14.4 Å². The molecule has 0 aliphatic carbocycles. The minimum Gasteiger partial charge on any atom is -0.355 e. The number of halogens is 1. The maximum atomic E-state index is 13.3. The molecule has 3 aromatic rings. The second-order valence-electron chi connectivity index (χ2n) is 7.32. The van der Waals surface area contributed by atoms with Crippen molar-refractivity contribution < 1.29 is 14.4 Å². The molecule has 1 unspecified atom stereocenters. The Morgan fingerprint density at radius 2 is 2.00 bits per heavy atom. The lowest BCUT2D eigenvalue weighted by Gasteiger charge is -2.33. The minimum atomic E-state index is -0.681. The largest absolute Gasteiger partial charge is 0.355 e. The van der Waals surface area contributed by atoms with Gasteiger partial charge in [-0.05, 0) is 30.7 Å². The first-order chi connectivity index (χ1) is 15.0. The number of carbonyl (C=O) groups excluding carboxylic acids is 3. The lowest BCUT2D eigenvalue weighted by molar-refractivity contribution is -0.123. The number of pyridine rings is 1. The van der Waals surface area contributed by atoms with Gasteiger partial charge in [0.1, 0.15) is 0 Å². The number of carbonyl (C=O) groups is 3. The molecule has 0 spiro atoms. The van der Waals surface area contributed by atoms with Crippen LogP contribution in [0, 0.1) is 0 Å². The number of benzene rings is 2. The summed E-state index contributed by atoms with van der Waals surface area (Å²) in [6, 6.07) is 12.5. The van der Waals surface area contributed by atoms with Crippen molar-refractivity contribution in [2.45, 2.75) is 12.8 Å². The Labute approximate surface area is 184 Å². The van der Waals surface area contributed by atoms with Crippen molar-refractivity contribution >= 4 is 45.8 Å². The molecule has 7 nitrogen and oxygen atoms in total. The first-order valence-corrected chi connectivity index (χ1v) is 10.3. The molecule has 4 rings (SSSR count). The Morgan fingerprint density at radius 3 is 2.81 bits per heavy atom. The van der Waals surface area contributed by atoms with Gasteiger partial charge in [0.2, 0.25) is 11.8 Å². The van der Waals surface area contributed by atoms with E-state index >= 15 is 0 Å². The van der Waals surface area contributed by atoms with Crippen LogP contribution in [0.5, 0.6) is 0 Å². The lowest BCUT2D eigenvalue weighted by Crippen LogP contribution is -2.47. The molecule has 1 aliphatic heterocycles. The molecule has 0 saturated carbocycles. The maximum absolute atomic E-state index is 13.3. The minimum absolute atomic E-state index is 0.0767. The summed E-state index contributed by atoms with van der Waals surface area (Å²) in [5.74, 6) is -1.55. The number of hydrogen-bond donors (Lipinski definition) is 2. The third-order valence-electron chi connectivity index (χ3n) is 5.26. The fourth-order valence-electron chi connectivity index (χ4n) is 3.81. The summed E-state index contributed by atoms with van der Waals surface area (Å²) < 4.78 is 0. The highest BCUT2D eigenvalue weighted by Crippen LogP contribution is 2.32. The van der Waals surface area contributed by atoms with Gasteiger partial charge in [-0.25, -0.2) is 0 Å². The molecule has 0 fully saturated rings. The van der Waals surface area contributed by atoms with Crippen LogP contribution in [0.2, 0.25) is 5.02 Å². The molecule has 1 atom stereocenters. The first-order valence-electron chi connectivity index (χ1n) is 9.97. The van der Waals surface area contributed by atoms with Gasteiger partial charge in [-0.2, -0.15) is 0 Å². The molecular formula is C23H21ClN4O3. The van der Waals surface area contributed by atoms with E-state index in [-0.39, 0.29) is 30.8 Å². The van der Waals surface area contributed by atoms with E-state index in [4.69, 9.17) is 11.6 Å². The summed E-state index contributed by atoms with van der Waals surface area (Å²) in [6.45, 7) is 2.23. The van der Waals surface area contributed by atoms with Crippen LogP contribution in [0.1, 0.15) is 28.8 Å². The molecule has 2 N–H and O–H groups in total. The zero-order valence-electron chi connectivity index (χ0n) is 16.9. The predicted octanol–water partition coefficient (Wildman–Crippen LogP) is 3.20. The fraction of sp³-hybridized carbons (Fsp3) is 0.217. The van der Waals surface area contributed by atoms with E-state index in [1.807, 2.05) is 31.2 Å². The Kier molecular flexibility index (Phi) is 5.86. The molecule has 1 aliphatic rings. The molecule has 0 bridgehead atoms. The Morgan fingerprint density at radius 1 is 1.19 bits per heavy atom. The van der Waals surface area contributed by atoms with Gasteiger partial charge in [0, 0.05) is 40.6 Å². The zero-order chi connectivity index (χ0) is 22.0. The van der Waals surface area contributed by atoms with Gasteiger partial charge in [0.25, 0.3) is 5.91 Å². The highest BCUT2D eigenvalue weighted by atomic mass is 35.5. The lowest BCUT2D eigenvalue weighted by atomic mass is 9.88. The number of fused-ring (bicyclic) bond motifs is 2. The van der Waals surface area contributed by atoms with Gasteiger partial charge in [0.15, 0.2) is 0 Å². The quantitative estimate of drug-likeness (QED) is 0.642. The van der Waals surface area contributed by atoms with Gasteiger partial charge in [-0.3, -0.25) is 19.4 Å². The highest BCUT2D eigenvalue weighted by molar-refractivity contribution is 6.30. The molecule has 158 valence electrons. The van der Waals surface area contributed by atoms with Crippen LogP contribution in [0.15, 0.2) is 54.9 Å².